The fourth-order valence-electron chi connectivity index (χ4n) is 0.889. The van der Waals surface area contributed by atoms with E-state index in [1.807, 2.05) is 11.4 Å². The van der Waals surface area contributed by atoms with Gasteiger partial charge in [0.05, 0.1) is 10.9 Å². The van der Waals surface area contributed by atoms with Crippen LogP contribution >= 0.6 is 22.9 Å². The first kappa shape index (κ1) is 7.00. The van der Waals surface area contributed by atoms with Crippen LogP contribution in [0.15, 0.2) is 21.4 Å². The fraction of sp³-hybridized carbons (Fsp3) is 0.143. The van der Waals surface area contributed by atoms with Crippen LogP contribution in [0.25, 0.3) is 0 Å². The van der Waals surface area contributed by atoms with E-state index in [1.54, 1.807) is 6.21 Å². The minimum Gasteiger partial charge on any atom is -0.260 e. The lowest BCUT2D eigenvalue weighted by molar-refractivity contribution is 1.36. The number of amidine groups is 1. The zero-order chi connectivity index (χ0) is 7.68. The minimum atomic E-state index is 0.697. The second kappa shape index (κ2) is 2.75. The summed E-state index contributed by atoms with van der Waals surface area (Å²) in [6, 6.07) is 1.88. The Balaban J connectivity index is 2.36. The maximum atomic E-state index is 5.75. The van der Waals surface area contributed by atoms with Gasteiger partial charge in [0.15, 0.2) is 5.84 Å². The molecular weight excluding hydrogens is 180 g/mol. The Kier molecular flexibility index (Phi) is 1.75. The standard InChI is InChI=1S/C7H5ClN2S/c8-6-3-5(4-11-6)7-9-1-2-10-7/h1,3-4H,2H2. The van der Waals surface area contributed by atoms with Crippen LogP contribution in [0.3, 0.4) is 0 Å². The van der Waals surface area contributed by atoms with Gasteiger partial charge in [-0.25, -0.2) is 4.99 Å². The van der Waals surface area contributed by atoms with Crippen LogP contribution in [0.5, 0.6) is 0 Å². The molecule has 0 N–H and O–H groups in total. The summed E-state index contributed by atoms with van der Waals surface area (Å²) in [7, 11) is 0. The van der Waals surface area contributed by atoms with Crippen LogP contribution in [0.2, 0.25) is 4.34 Å². The number of nitrogens with zero attached hydrogens (tertiary/aromatic N) is 2. The predicted octanol–water partition coefficient (Wildman–Crippen LogP) is 2.23. The SMILES string of the molecule is Clc1cc(C2=NCC=N2)cs1. The monoisotopic (exact) mass is 184 g/mol. The molecule has 0 unspecified atom stereocenters. The van der Waals surface area contributed by atoms with E-state index in [1.165, 1.54) is 11.3 Å². The highest BCUT2D eigenvalue weighted by atomic mass is 35.5. The first-order valence-corrected chi connectivity index (χ1v) is 4.43. The molecule has 0 bridgehead atoms. The number of aliphatic imine (C=N–C) groups is 2. The predicted molar refractivity (Wildman–Crippen MR) is 49.2 cm³/mol. The van der Waals surface area contributed by atoms with Gasteiger partial charge in [-0.05, 0) is 6.07 Å². The van der Waals surface area contributed by atoms with Crippen molar-refractivity contribution in [3.8, 4) is 0 Å². The Labute approximate surface area is 73.3 Å². The molecule has 2 nitrogen and oxygen atoms in total. The molecule has 0 fully saturated rings. The van der Waals surface area contributed by atoms with Crippen molar-refractivity contribution in [1.82, 2.24) is 0 Å². The summed E-state index contributed by atoms with van der Waals surface area (Å²) >= 11 is 7.25. The van der Waals surface area contributed by atoms with Crippen LogP contribution in [0, 0.1) is 0 Å². The molecule has 1 aliphatic rings. The summed E-state index contributed by atoms with van der Waals surface area (Å²) in [5, 5.41) is 1.96. The second-order valence-corrected chi connectivity index (χ2v) is 3.66. The summed E-state index contributed by atoms with van der Waals surface area (Å²) in [4.78, 5) is 8.25. The van der Waals surface area contributed by atoms with Crippen LogP contribution in [0.4, 0.5) is 0 Å². The van der Waals surface area contributed by atoms with Gasteiger partial charge in [-0.2, -0.15) is 0 Å². The smallest absolute Gasteiger partial charge is 0.155 e. The van der Waals surface area contributed by atoms with Crippen LogP contribution in [0.1, 0.15) is 5.56 Å². The molecule has 11 heavy (non-hydrogen) atoms. The third-order valence-electron chi connectivity index (χ3n) is 1.36. The van der Waals surface area contributed by atoms with E-state index in [9.17, 15) is 0 Å². The van der Waals surface area contributed by atoms with Crippen molar-refractivity contribution in [2.45, 2.75) is 0 Å². The molecule has 0 spiro atoms. The van der Waals surface area contributed by atoms with Gasteiger partial charge in [0.2, 0.25) is 0 Å². The zero-order valence-corrected chi connectivity index (χ0v) is 7.19. The van der Waals surface area contributed by atoms with Gasteiger partial charge in [0.1, 0.15) is 0 Å². The summed E-state index contributed by atoms with van der Waals surface area (Å²) in [5.41, 5.74) is 1.02. The molecule has 0 radical (unpaired) electrons. The number of hydrogen-bond donors (Lipinski definition) is 0. The Hall–Kier alpha value is -0.670. The lowest BCUT2D eigenvalue weighted by atomic mass is 10.3. The average Bonchev–Trinajstić information content (AvgIpc) is 2.55. The highest BCUT2D eigenvalue weighted by Gasteiger charge is 2.06. The first-order valence-electron chi connectivity index (χ1n) is 3.17. The number of rotatable bonds is 1. The van der Waals surface area contributed by atoms with E-state index in [0.717, 1.165) is 15.7 Å². The molecule has 2 rings (SSSR count). The van der Waals surface area contributed by atoms with Crippen molar-refractivity contribution >= 4 is 35.0 Å². The van der Waals surface area contributed by atoms with Crippen molar-refractivity contribution < 1.29 is 0 Å². The average molecular weight is 185 g/mol. The van der Waals surface area contributed by atoms with Crippen molar-refractivity contribution in [3.63, 3.8) is 0 Å². The molecule has 2 heterocycles. The van der Waals surface area contributed by atoms with E-state index in [2.05, 4.69) is 9.98 Å². The van der Waals surface area contributed by atoms with Crippen molar-refractivity contribution in [3.05, 3.63) is 21.3 Å². The largest absolute Gasteiger partial charge is 0.260 e. The second-order valence-electron chi connectivity index (χ2n) is 2.12. The topological polar surface area (TPSA) is 24.7 Å². The Morgan fingerprint density at radius 1 is 1.55 bits per heavy atom. The lowest BCUT2D eigenvalue weighted by Crippen LogP contribution is -1.88. The fourth-order valence-corrected chi connectivity index (χ4v) is 1.75. The molecule has 0 saturated heterocycles. The highest BCUT2D eigenvalue weighted by Crippen LogP contribution is 2.21. The van der Waals surface area contributed by atoms with Gasteiger partial charge in [-0.3, -0.25) is 4.99 Å². The van der Waals surface area contributed by atoms with Crippen molar-refractivity contribution in [2.75, 3.05) is 6.54 Å². The molecule has 1 aliphatic heterocycles. The van der Waals surface area contributed by atoms with Gasteiger partial charge in [-0.15, -0.1) is 11.3 Å². The van der Waals surface area contributed by atoms with E-state index in [0.29, 0.717) is 6.54 Å². The molecule has 0 aromatic carbocycles. The van der Waals surface area contributed by atoms with E-state index < -0.39 is 0 Å². The molecule has 0 amide bonds. The Morgan fingerprint density at radius 3 is 3.00 bits per heavy atom. The Morgan fingerprint density at radius 2 is 2.45 bits per heavy atom. The third-order valence-corrected chi connectivity index (χ3v) is 2.45. The van der Waals surface area contributed by atoms with Gasteiger partial charge in [0, 0.05) is 17.2 Å². The summed E-state index contributed by atoms with van der Waals surface area (Å²) in [5.74, 6) is 0.799. The number of halogens is 1. The molecule has 0 aliphatic carbocycles. The van der Waals surface area contributed by atoms with E-state index in [-0.39, 0.29) is 0 Å². The minimum absolute atomic E-state index is 0.697. The highest BCUT2D eigenvalue weighted by molar-refractivity contribution is 7.14. The van der Waals surface area contributed by atoms with E-state index >= 15 is 0 Å². The lowest BCUT2D eigenvalue weighted by Gasteiger charge is -1.87. The molecule has 0 saturated carbocycles. The van der Waals surface area contributed by atoms with Gasteiger partial charge >= 0.3 is 0 Å². The molecule has 0 atom stereocenters. The number of hydrogen-bond acceptors (Lipinski definition) is 3. The Bertz CT molecular complexity index is 327. The normalized spacial score (nSPS) is 15.5. The number of thiophene rings is 1. The van der Waals surface area contributed by atoms with Crippen LogP contribution in [-0.4, -0.2) is 18.6 Å². The van der Waals surface area contributed by atoms with Crippen LogP contribution in [-0.2, 0) is 0 Å². The quantitative estimate of drug-likeness (QED) is 0.640. The van der Waals surface area contributed by atoms with Gasteiger partial charge < -0.3 is 0 Å². The van der Waals surface area contributed by atoms with Crippen molar-refractivity contribution in [2.24, 2.45) is 9.98 Å². The molecular formula is C7H5ClN2S. The van der Waals surface area contributed by atoms with E-state index in [4.69, 9.17) is 11.6 Å². The molecule has 1 aromatic heterocycles. The van der Waals surface area contributed by atoms with Crippen LogP contribution < -0.4 is 0 Å². The van der Waals surface area contributed by atoms with Gasteiger partial charge in [0.25, 0.3) is 0 Å². The third kappa shape index (κ3) is 1.34. The van der Waals surface area contributed by atoms with Gasteiger partial charge in [-0.1, -0.05) is 11.6 Å². The maximum absolute atomic E-state index is 5.75. The summed E-state index contributed by atoms with van der Waals surface area (Å²) < 4.78 is 0.782. The molecule has 4 heteroatoms. The summed E-state index contributed by atoms with van der Waals surface area (Å²) in [6.45, 7) is 0.697. The van der Waals surface area contributed by atoms with Crippen molar-refractivity contribution in [1.29, 1.82) is 0 Å². The first-order chi connectivity index (χ1) is 5.36. The summed E-state index contributed by atoms with van der Waals surface area (Å²) in [6.07, 6.45) is 1.79. The maximum Gasteiger partial charge on any atom is 0.155 e. The molecule has 56 valence electrons. The molecule has 1 aromatic rings. The zero-order valence-electron chi connectivity index (χ0n) is 5.62.